The zero-order chi connectivity index (χ0) is 20.2. The molecule has 154 valence electrons. The number of carbonyl (C=O) groups is 2. The van der Waals surface area contributed by atoms with Crippen molar-refractivity contribution in [2.24, 2.45) is 0 Å². The van der Waals surface area contributed by atoms with Crippen molar-refractivity contribution in [3.63, 3.8) is 0 Å². The summed E-state index contributed by atoms with van der Waals surface area (Å²) in [5.74, 6) is 0.602. The Morgan fingerprint density at radius 3 is 2.90 bits per heavy atom. The van der Waals surface area contributed by atoms with Gasteiger partial charge in [0.25, 0.3) is 11.8 Å². The Morgan fingerprint density at radius 2 is 2.17 bits per heavy atom. The number of benzene rings is 1. The van der Waals surface area contributed by atoms with Crippen LogP contribution >= 0.6 is 0 Å². The standard InChI is InChI=1S/C21H26N4O4/c1-28-15-6-4-14(5-7-15)8-10-22-20(26)19-16-13-25(11-9-17(16)23-24-19)21(27)18-3-2-12-29-18/h4-7,18H,2-3,8-13H2,1H3,(H,22,26)(H,23,24). The molecule has 2 aromatic rings. The quantitative estimate of drug-likeness (QED) is 0.768. The van der Waals surface area contributed by atoms with Crippen LogP contribution in [0.1, 0.15) is 40.2 Å². The van der Waals surface area contributed by atoms with Crippen LogP contribution in [0.5, 0.6) is 5.75 Å². The summed E-state index contributed by atoms with van der Waals surface area (Å²) in [4.78, 5) is 27.1. The zero-order valence-electron chi connectivity index (χ0n) is 16.6. The van der Waals surface area contributed by atoms with Crippen molar-refractivity contribution >= 4 is 11.8 Å². The van der Waals surface area contributed by atoms with E-state index in [2.05, 4.69) is 15.5 Å². The maximum absolute atomic E-state index is 12.7. The molecule has 1 atom stereocenters. The van der Waals surface area contributed by atoms with Crippen LogP contribution in [0.3, 0.4) is 0 Å². The van der Waals surface area contributed by atoms with Crippen LogP contribution in [-0.4, -0.2) is 59.8 Å². The summed E-state index contributed by atoms with van der Waals surface area (Å²) in [6, 6.07) is 7.77. The fourth-order valence-electron chi connectivity index (χ4n) is 3.84. The molecule has 2 amide bonds. The zero-order valence-corrected chi connectivity index (χ0v) is 16.6. The lowest BCUT2D eigenvalue weighted by Gasteiger charge is -2.29. The number of ether oxygens (including phenoxy) is 2. The number of fused-ring (bicyclic) bond motifs is 1. The normalized spacial score (nSPS) is 18.4. The van der Waals surface area contributed by atoms with Crippen LogP contribution in [0.4, 0.5) is 0 Å². The Kier molecular flexibility index (Phi) is 5.80. The first kappa shape index (κ1) is 19.4. The summed E-state index contributed by atoms with van der Waals surface area (Å²) >= 11 is 0. The highest BCUT2D eigenvalue weighted by Crippen LogP contribution is 2.23. The number of aromatic nitrogens is 2. The van der Waals surface area contributed by atoms with Gasteiger partial charge < -0.3 is 19.7 Å². The van der Waals surface area contributed by atoms with Gasteiger partial charge in [-0.15, -0.1) is 0 Å². The molecule has 8 nitrogen and oxygen atoms in total. The third-order valence-electron chi connectivity index (χ3n) is 5.52. The predicted octanol–water partition coefficient (Wildman–Crippen LogP) is 1.45. The SMILES string of the molecule is COc1ccc(CCNC(=O)c2n[nH]c3c2CN(C(=O)C2CCCO2)CC3)cc1. The van der Waals surface area contributed by atoms with Crippen molar-refractivity contribution in [3.8, 4) is 5.75 Å². The highest BCUT2D eigenvalue weighted by molar-refractivity contribution is 5.94. The number of nitrogens with one attached hydrogen (secondary N) is 2. The fourth-order valence-corrected chi connectivity index (χ4v) is 3.84. The molecule has 0 spiro atoms. The molecule has 2 N–H and O–H groups in total. The van der Waals surface area contributed by atoms with E-state index < -0.39 is 0 Å². The summed E-state index contributed by atoms with van der Waals surface area (Å²) in [6.45, 7) is 2.16. The minimum atomic E-state index is -0.342. The molecule has 1 aromatic heterocycles. The molecule has 2 aliphatic rings. The highest BCUT2D eigenvalue weighted by atomic mass is 16.5. The number of rotatable bonds is 6. The van der Waals surface area contributed by atoms with Gasteiger partial charge in [-0.25, -0.2) is 0 Å². The molecule has 1 fully saturated rings. The molecular weight excluding hydrogens is 372 g/mol. The third-order valence-corrected chi connectivity index (χ3v) is 5.52. The van der Waals surface area contributed by atoms with Crippen LogP contribution in [0.2, 0.25) is 0 Å². The highest BCUT2D eigenvalue weighted by Gasteiger charge is 2.32. The molecule has 0 aliphatic carbocycles. The number of aromatic amines is 1. The number of H-pyrrole nitrogens is 1. The van der Waals surface area contributed by atoms with Gasteiger partial charge in [-0.1, -0.05) is 12.1 Å². The molecule has 1 unspecified atom stereocenters. The van der Waals surface area contributed by atoms with Gasteiger partial charge in [0.05, 0.1) is 7.11 Å². The van der Waals surface area contributed by atoms with E-state index in [0.717, 1.165) is 35.4 Å². The predicted molar refractivity (Wildman–Crippen MR) is 106 cm³/mol. The topological polar surface area (TPSA) is 96.5 Å². The largest absolute Gasteiger partial charge is 0.497 e. The maximum atomic E-state index is 12.7. The van der Waals surface area contributed by atoms with Gasteiger partial charge in [-0.05, 0) is 37.0 Å². The summed E-state index contributed by atoms with van der Waals surface area (Å²) < 4.78 is 10.7. The Balaban J connectivity index is 1.35. The van der Waals surface area contributed by atoms with Crippen LogP contribution in [0.15, 0.2) is 24.3 Å². The van der Waals surface area contributed by atoms with E-state index >= 15 is 0 Å². The molecule has 3 heterocycles. The number of amides is 2. The Bertz CT molecular complexity index is 871. The molecule has 0 radical (unpaired) electrons. The van der Waals surface area contributed by atoms with Crippen LogP contribution in [0, 0.1) is 0 Å². The Hall–Kier alpha value is -2.87. The lowest BCUT2D eigenvalue weighted by atomic mass is 10.0. The van der Waals surface area contributed by atoms with Gasteiger partial charge in [0.1, 0.15) is 11.9 Å². The van der Waals surface area contributed by atoms with Crippen LogP contribution in [-0.2, 0) is 28.9 Å². The second kappa shape index (κ2) is 8.65. The average Bonchev–Trinajstić information content (AvgIpc) is 3.43. The lowest BCUT2D eigenvalue weighted by molar-refractivity contribution is -0.141. The minimum absolute atomic E-state index is 0.0141. The Morgan fingerprint density at radius 1 is 1.34 bits per heavy atom. The fraction of sp³-hybridized carbons (Fsp3) is 0.476. The number of hydrogen-bond acceptors (Lipinski definition) is 5. The first-order valence-corrected chi connectivity index (χ1v) is 10.0. The van der Waals surface area contributed by atoms with Crippen molar-refractivity contribution < 1.29 is 19.1 Å². The average molecular weight is 398 g/mol. The van der Waals surface area contributed by atoms with E-state index in [9.17, 15) is 9.59 Å². The van der Waals surface area contributed by atoms with Crippen molar-refractivity contribution in [1.82, 2.24) is 20.4 Å². The van der Waals surface area contributed by atoms with Gasteiger partial charge in [0.15, 0.2) is 5.69 Å². The van der Waals surface area contributed by atoms with Gasteiger partial charge in [0, 0.05) is 43.9 Å². The molecule has 8 heteroatoms. The van der Waals surface area contributed by atoms with Crippen LogP contribution < -0.4 is 10.1 Å². The van der Waals surface area contributed by atoms with E-state index in [4.69, 9.17) is 9.47 Å². The molecule has 1 saturated heterocycles. The van der Waals surface area contributed by atoms with Crippen molar-refractivity contribution in [1.29, 1.82) is 0 Å². The monoisotopic (exact) mass is 398 g/mol. The van der Waals surface area contributed by atoms with Crippen LogP contribution in [0.25, 0.3) is 0 Å². The minimum Gasteiger partial charge on any atom is -0.497 e. The van der Waals surface area contributed by atoms with Gasteiger partial charge in [0.2, 0.25) is 0 Å². The molecule has 0 bridgehead atoms. The number of nitrogens with zero attached hydrogens (tertiary/aromatic N) is 2. The van der Waals surface area contributed by atoms with Gasteiger partial charge >= 0.3 is 0 Å². The van der Waals surface area contributed by atoms with Gasteiger partial charge in [-0.2, -0.15) is 5.10 Å². The maximum Gasteiger partial charge on any atom is 0.272 e. The van der Waals surface area contributed by atoms with Crippen molar-refractivity contribution in [3.05, 3.63) is 46.8 Å². The molecule has 0 saturated carbocycles. The van der Waals surface area contributed by atoms with E-state index in [1.165, 1.54) is 0 Å². The van der Waals surface area contributed by atoms with Crippen molar-refractivity contribution in [2.45, 2.75) is 38.3 Å². The molecule has 1 aromatic carbocycles. The molecule has 4 rings (SSSR count). The summed E-state index contributed by atoms with van der Waals surface area (Å²) in [7, 11) is 1.63. The number of methoxy groups -OCH3 is 1. The number of carbonyl (C=O) groups excluding carboxylic acids is 2. The third kappa shape index (κ3) is 4.27. The first-order valence-electron chi connectivity index (χ1n) is 10.0. The van der Waals surface area contributed by atoms with Crippen molar-refractivity contribution in [2.75, 3.05) is 26.8 Å². The molecular formula is C21H26N4O4. The molecule has 29 heavy (non-hydrogen) atoms. The first-order chi connectivity index (χ1) is 14.2. The van der Waals surface area contributed by atoms with E-state index in [-0.39, 0.29) is 17.9 Å². The summed E-state index contributed by atoms with van der Waals surface area (Å²) in [5, 5.41) is 10.1. The second-order valence-electron chi connectivity index (χ2n) is 7.39. The van der Waals surface area contributed by atoms with Gasteiger partial charge in [-0.3, -0.25) is 14.7 Å². The summed E-state index contributed by atoms with van der Waals surface area (Å²) in [6.07, 6.45) is 2.73. The summed E-state index contributed by atoms with van der Waals surface area (Å²) in [5.41, 5.74) is 3.23. The second-order valence-corrected chi connectivity index (χ2v) is 7.39. The van der Waals surface area contributed by atoms with E-state index in [0.29, 0.717) is 44.8 Å². The molecule has 2 aliphatic heterocycles. The van der Waals surface area contributed by atoms with E-state index in [1.54, 1.807) is 12.0 Å². The van der Waals surface area contributed by atoms with E-state index in [1.807, 2.05) is 24.3 Å². The number of hydrogen-bond donors (Lipinski definition) is 2. The smallest absolute Gasteiger partial charge is 0.272 e. The lowest BCUT2D eigenvalue weighted by Crippen LogP contribution is -2.42. The Labute approximate surface area is 169 Å².